The molecule has 168 valence electrons. The van der Waals surface area contributed by atoms with E-state index >= 15 is 0 Å². The van der Waals surface area contributed by atoms with Gasteiger partial charge in [0.1, 0.15) is 5.92 Å². The van der Waals surface area contributed by atoms with Gasteiger partial charge in [0.2, 0.25) is 5.91 Å². The molecule has 4 rings (SSSR count). The molecule has 7 nitrogen and oxygen atoms in total. The molecule has 1 fully saturated rings. The number of ketones is 1. The van der Waals surface area contributed by atoms with Crippen molar-refractivity contribution in [1.82, 2.24) is 5.32 Å². The number of carbonyl (C=O) groups is 2. The largest absolute Gasteiger partial charge is 0.352 e. The van der Waals surface area contributed by atoms with E-state index in [4.69, 9.17) is 0 Å². The predicted molar refractivity (Wildman–Crippen MR) is 124 cm³/mol. The highest BCUT2D eigenvalue weighted by atomic mass is 32.2. The molecule has 0 radical (unpaired) electrons. The van der Waals surface area contributed by atoms with Crippen molar-refractivity contribution < 1.29 is 18.0 Å². The van der Waals surface area contributed by atoms with Crippen LogP contribution in [0, 0.1) is 5.92 Å². The van der Waals surface area contributed by atoms with E-state index in [0.29, 0.717) is 11.4 Å². The van der Waals surface area contributed by atoms with Gasteiger partial charge >= 0.3 is 0 Å². The van der Waals surface area contributed by atoms with Gasteiger partial charge in [-0.2, -0.15) is 0 Å². The average molecular weight is 454 g/mol. The molecule has 32 heavy (non-hydrogen) atoms. The zero-order valence-electron chi connectivity index (χ0n) is 18.0. The lowest BCUT2D eigenvalue weighted by molar-refractivity contribution is -0.122. The van der Waals surface area contributed by atoms with Gasteiger partial charge in [-0.25, -0.2) is 8.42 Å². The minimum Gasteiger partial charge on any atom is -0.352 e. The molecule has 2 aromatic carbocycles. The third kappa shape index (κ3) is 4.32. The van der Waals surface area contributed by atoms with Gasteiger partial charge in [-0.05, 0) is 50.1 Å². The third-order valence-corrected chi connectivity index (χ3v) is 7.93. The van der Waals surface area contributed by atoms with Crippen LogP contribution in [0.1, 0.15) is 49.4 Å². The minimum absolute atomic E-state index is 0.00107. The Balaban J connectivity index is 1.60. The summed E-state index contributed by atoms with van der Waals surface area (Å²) in [6.45, 7) is 1.99. The molecule has 1 aliphatic heterocycles. The Labute approximate surface area is 188 Å². The van der Waals surface area contributed by atoms with Gasteiger partial charge in [0.05, 0.1) is 16.3 Å². The highest BCUT2D eigenvalue weighted by molar-refractivity contribution is 7.92. The van der Waals surface area contributed by atoms with E-state index in [9.17, 15) is 18.0 Å². The van der Waals surface area contributed by atoms with Crippen LogP contribution in [0.25, 0.3) is 0 Å². The summed E-state index contributed by atoms with van der Waals surface area (Å²) in [5, 5.41) is 2.97. The molecule has 0 bridgehead atoms. The summed E-state index contributed by atoms with van der Waals surface area (Å²) in [7, 11) is -3.89. The van der Waals surface area contributed by atoms with Gasteiger partial charge < -0.3 is 5.32 Å². The first kappa shape index (κ1) is 22.2. The molecule has 1 aliphatic carbocycles. The number of rotatable bonds is 6. The number of nitrogens with one attached hydrogen (secondary N) is 1. The summed E-state index contributed by atoms with van der Waals surface area (Å²) in [6, 6.07) is 13.2. The van der Waals surface area contributed by atoms with Gasteiger partial charge in [-0.3, -0.25) is 18.9 Å². The minimum atomic E-state index is -3.89. The van der Waals surface area contributed by atoms with Crippen molar-refractivity contribution >= 4 is 39.3 Å². The van der Waals surface area contributed by atoms with Crippen molar-refractivity contribution in [3.05, 3.63) is 54.1 Å². The summed E-state index contributed by atoms with van der Waals surface area (Å²) in [5.41, 5.74) is 1.07. The first-order chi connectivity index (χ1) is 15.4. The maximum absolute atomic E-state index is 13.3. The monoisotopic (exact) mass is 453 g/mol. The number of sulfonamides is 1. The number of fused-ring (bicyclic) bond motifs is 1. The molecular weight excluding hydrogens is 426 g/mol. The zero-order valence-corrected chi connectivity index (χ0v) is 18.8. The normalized spacial score (nSPS) is 18.8. The van der Waals surface area contributed by atoms with Crippen LogP contribution in [0.3, 0.4) is 0 Å². The Bertz CT molecular complexity index is 1140. The molecule has 1 N–H and O–H groups in total. The molecule has 1 saturated carbocycles. The number of para-hydroxylation sites is 1. The van der Waals surface area contributed by atoms with Gasteiger partial charge in [-0.1, -0.05) is 37.5 Å². The maximum Gasteiger partial charge on any atom is 0.264 e. The molecule has 2 aliphatic rings. The van der Waals surface area contributed by atoms with Crippen LogP contribution in [0.15, 0.2) is 58.4 Å². The number of carbonyl (C=O) groups excluding carboxylic acids is 2. The molecule has 2 aromatic rings. The molecule has 0 saturated heterocycles. The summed E-state index contributed by atoms with van der Waals surface area (Å²) < 4.78 is 28.0. The zero-order chi connectivity index (χ0) is 22.7. The van der Waals surface area contributed by atoms with E-state index in [1.807, 2.05) is 6.07 Å². The van der Waals surface area contributed by atoms with Crippen molar-refractivity contribution in [3.63, 3.8) is 0 Å². The quantitative estimate of drug-likeness (QED) is 0.672. The summed E-state index contributed by atoms with van der Waals surface area (Å²) in [5.74, 6) is -1.84. The van der Waals surface area contributed by atoms with Gasteiger partial charge in [0, 0.05) is 24.4 Å². The number of hydrogen-bond acceptors (Lipinski definition) is 5. The number of hydrogen-bond donors (Lipinski definition) is 1. The molecule has 1 amide bonds. The van der Waals surface area contributed by atoms with Gasteiger partial charge in [0.25, 0.3) is 10.0 Å². The van der Waals surface area contributed by atoms with Crippen LogP contribution < -0.4 is 9.62 Å². The maximum atomic E-state index is 13.3. The lowest BCUT2D eigenvalue weighted by atomic mass is 9.91. The topological polar surface area (TPSA) is 95.9 Å². The molecule has 1 heterocycles. The summed E-state index contributed by atoms with van der Waals surface area (Å²) >= 11 is 0. The van der Waals surface area contributed by atoms with E-state index in [-0.39, 0.29) is 29.0 Å². The lowest BCUT2D eigenvalue weighted by Crippen LogP contribution is -2.43. The Morgan fingerprint density at radius 1 is 1.09 bits per heavy atom. The first-order valence-corrected chi connectivity index (χ1v) is 12.5. The fourth-order valence-electron chi connectivity index (χ4n) is 4.31. The Hall–Kier alpha value is -3.00. The van der Waals surface area contributed by atoms with E-state index < -0.39 is 21.7 Å². The highest BCUT2D eigenvalue weighted by Crippen LogP contribution is 2.31. The van der Waals surface area contributed by atoms with Crippen LogP contribution >= 0.6 is 0 Å². The third-order valence-electron chi connectivity index (χ3n) is 6.03. The summed E-state index contributed by atoms with van der Waals surface area (Å²) in [4.78, 5) is 30.2. The molecule has 0 aromatic heterocycles. The predicted octanol–water partition coefficient (Wildman–Crippen LogP) is 3.87. The molecule has 0 spiro atoms. The van der Waals surface area contributed by atoms with Crippen molar-refractivity contribution in [2.45, 2.75) is 50.0 Å². The Morgan fingerprint density at radius 3 is 2.50 bits per heavy atom. The van der Waals surface area contributed by atoms with Crippen LogP contribution in [0.4, 0.5) is 11.4 Å². The van der Waals surface area contributed by atoms with Crippen molar-refractivity contribution in [2.24, 2.45) is 10.9 Å². The number of nitrogens with zero attached hydrogens (tertiary/aromatic N) is 2. The van der Waals surface area contributed by atoms with E-state index in [1.54, 1.807) is 31.2 Å². The highest BCUT2D eigenvalue weighted by Gasteiger charge is 2.34. The Morgan fingerprint density at radius 2 is 1.81 bits per heavy atom. The first-order valence-electron chi connectivity index (χ1n) is 11.0. The Kier molecular flexibility index (Phi) is 6.41. The van der Waals surface area contributed by atoms with Crippen LogP contribution in [0.5, 0.6) is 0 Å². The van der Waals surface area contributed by atoms with Crippen LogP contribution in [0.2, 0.25) is 0 Å². The number of amides is 1. The number of benzene rings is 2. The molecule has 1 unspecified atom stereocenters. The van der Waals surface area contributed by atoms with Gasteiger partial charge in [-0.15, -0.1) is 0 Å². The molecule has 8 heteroatoms. The van der Waals surface area contributed by atoms with Crippen molar-refractivity contribution in [1.29, 1.82) is 0 Å². The summed E-state index contributed by atoms with van der Waals surface area (Å²) in [6.07, 6.45) is 6.48. The standard InChI is InChI=1S/C24H27N3O4S/c1-2-27(18-11-7-4-8-12-18)32(30,31)19-13-14-22-20(15-19)23(28)21(16-25-22)24(29)26-17-9-5-3-6-10-17/h4,7-8,11-17,21H,2-3,5-6,9-10H2,1H3,(H,26,29). The molecular formula is C24H27N3O4S. The van der Waals surface area contributed by atoms with Crippen molar-refractivity contribution in [2.75, 3.05) is 10.8 Å². The average Bonchev–Trinajstić information content (AvgIpc) is 2.81. The van der Waals surface area contributed by atoms with E-state index in [0.717, 1.165) is 25.7 Å². The second-order valence-corrected chi connectivity index (χ2v) is 10.0. The van der Waals surface area contributed by atoms with Gasteiger partial charge in [0.15, 0.2) is 5.78 Å². The lowest BCUT2D eigenvalue weighted by Gasteiger charge is -2.26. The SMILES string of the molecule is CCN(c1ccccc1)S(=O)(=O)c1ccc2c(c1)C(=O)C(C(=O)NC1CCCCC1)C=N2. The fourth-order valence-corrected chi connectivity index (χ4v) is 5.81. The van der Waals surface area contributed by atoms with Crippen molar-refractivity contribution in [3.8, 4) is 0 Å². The van der Waals surface area contributed by atoms with E-state index in [1.165, 1.54) is 35.1 Å². The number of anilines is 1. The van der Waals surface area contributed by atoms with E-state index in [2.05, 4.69) is 10.3 Å². The second-order valence-electron chi connectivity index (χ2n) is 8.15. The second kappa shape index (κ2) is 9.24. The number of Topliss-reactive ketones (excluding diaryl/α,β-unsaturated/α-hetero) is 1. The molecule has 1 atom stereocenters. The van der Waals surface area contributed by atoms with Crippen LogP contribution in [-0.4, -0.2) is 38.9 Å². The smallest absolute Gasteiger partial charge is 0.264 e. The fraction of sp³-hybridized carbons (Fsp3) is 0.375. The number of aliphatic imine (C=N–C) groups is 1. The van der Waals surface area contributed by atoms with Crippen LogP contribution in [-0.2, 0) is 14.8 Å².